The number of halogens is 3. The lowest BCUT2D eigenvalue weighted by atomic mass is 10.2. The van der Waals surface area contributed by atoms with Crippen molar-refractivity contribution >= 4 is 51.0 Å². The van der Waals surface area contributed by atoms with Gasteiger partial charge >= 0.3 is 0 Å². The Balaban J connectivity index is 1.90. The monoisotopic (exact) mass is 493 g/mol. The molecule has 0 radical (unpaired) electrons. The topological polar surface area (TPSA) is 78.8 Å². The van der Waals surface area contributed by atoms with Gasteiger partial charge in [-0.25, -0.2) is 18.2 Å². The Hall–Kier alpha value is -2.94. The van der Waals surface area contributed by atoms with Crippen LogP contribution in [0.2, 0.25) is 10.0 Å². The first-order valence-corrected chi connectivity index (χ1v) is 11.5. The predicted octanol–water partition coefficient (Wildman–Crippen LogP) is 4.79. The molecule has 0 fully saturated rings. The number of carbonyl (C=O) groups excluding carboxylic acids is 1. The fourth-order valence-corrected chi connectivity index (χ4v) is 4.74. The molecule has 1 amide bonds. The van der Waals surface area contributed by atoms with Crippen LogP contribution in [0.15, 0.2) is 76.7 Å². The minimum absolute atomic E-state index is 0.00563. The molecule has 0 aliphatic rings. The summed E-state index contributed by atoms with van der Waals surface area (Å²) >= 11 is 12.1. The first-order chi connectivity index (χ1) is 15.2. The van der Waals surface area contributed by atoms with Crippen molar-refractivity contribution in [1.82, 2.24) is 5.43 Å². The fourth-order valence-electron chi connectivity index (χ4n) is 2.85. The van der Waals surface area contributed by atoms with E-state index in [9.17, 15) is 17.6 Å². The molecule has 0 atom stereocenters. The van der Waals surface area contributed by atoms with Crippen LogP contribution in [0.25, 0.3) is 0 Å². The van der Waals surface area contributed by atoms with Crippen LogP contribution in [0.3, 0.4) is 0 Å². The van der Waals surface area contributed by atoms with Gasteiger partial charge in [-0.05, 0) is 48.9 Å². The maximum absolute atomic E-state index is 13.8. The molecular formula is C22H18Cl2FN3O3S. The largest absolute Gasteiger partial charge is 0.271 e. The molecule has 0 aliphatic heterocycles. The van der Waals surface area contributed by atoms with Crippen molar-refractivity contribution in [3.05, 3.63) is 93.7 Å². The van der Waals surface area contributed by atoms with Crippen LogP contribution < -0.4 is 9.73 Å². The highest BCUT2D eigenvalue weighted by Gasteiger charge is 2.28. The van der Waals surface area contributed by atoms with Crippen molar-refractivity contribution in [2.24, 2.45) is 5.10 Å². The van der Waals surface area contributed by atoms with Gasteiger partial charge in [-0.1, -0.05) is 53.5 Å². The smallest absolute Gasteiger partial charge is 0.264 e. The van der Waals surface area contributed by atoms with Crippen LogP contribution >= 0.6 is 23.2 Å². The van der Waals surface area contributed by atoms with Gasteiger partial charge in [0.1, 0.15) is 12.4 Å². The van der Waals surface area contributed by atoms with Gasteiger partial charge in [0.25, 0.3) is 15.9 Å². The zero-order valence-electron chi connectivity index (χ0n) is 16.8. The van der Waals surface area contributed by atoms with E-state index < -0.39 is 28.3 Å². The summed E-state index contributed by atoms with van der Waals surface area (Å²) in [6, 6.07) is 16.6. The summed E-state index contributed by atoms with van der Waals surface area (Å²) < 4.78 is 41.4. The third-order valence-electron chi connectivity index (χ3n) is 4.51. The van der Waals surface area contributed by atoms with Gasteiger partial charge in [-0.2, -0.15) is 5.10 Å². The zero-order chi connectivity index (χ0) is 23.3. The summed E-state index contributed by atoms with van der Waals surface area (Å²) in [7, 11) is -4.10. The number of sulfonamides is 1. The standard InChI is InChI=1S/C22H18Cl2FN3O3S/c1-15-18(23)9-6-12-21(15)28(32(30,31)16-7-3-2-4-8-16)14-22(29)27-26-13-17-19(24)10-5-11-20(17)25/h2-13H,14H2,1H3,(H,27,29)/b26-13-. The summed E-state index contributed by atoms with van der Waals surface area (Å²) in [4.78, 5) is 12.6. The minimum atomic E-state index is -4.10. The van der Waals surface area contributed by atoms with E-state index in [4.69, 9.17) is 23.2 Å². The second-order valence-corrected chi connectivity index (χ2v) is 9.31. The molecule has 0 spiro atoms. The molecule has 0 unspecified atom stereocenters. The Morgan fingerprint density at radius 3 is 2.38 bits per heavy atom. The van der Waals surface area contributed by atoms with Crippen LogP contribution in [0, 0.1) is 12.7 Å². The highest BCUT2D eigenvalue weighted by atomic mass is 35.5. The first-order valence-electron chi connectivity index (χ1n) is 9.30. The molecule has 0 aliphatic carbocycles. The maximum Gasteiger partial charge on any atom is 0.264 e. The molecule has 3 aromatic carbocycles. The molecular weight excluding hydrogens is 476 g/mol. The van der Waals surface area contributed by atoms with E-state index in [1.54, 1.807) is 43.3 Å². The summed E-state index contributed by atoms with van der Waals surface area (Å²) in [6.07, 6.45) is 1.05. The van der Waals surface area contributed by atoms with Crippen LogP contribution in [0.4, 0.5) is 10.1 Å². The van der Waals surface area contributed by atoms with Crippen LogP contribution in [0.1, 0.15) is 11.1 Å². The number of carbonyl (C=O) groups is 1. The molecule has 3 rings (SSSR count). The fraction of sp³-hybridized carbons (Fsp3) is 0.0909. The number of anilines is 1. The number of hydrogen-bond donors (Lipinski definition) is 1. The number of nitrogens with one attached hydrogen (secondary N) is 1. The predicted molar refractivity (Wildman–Crippen MR) is 124 cm³/mol. The normalized spacial score (nSPS) is 11.5. The average molecular weight is 494 g/mol. The molecule has 3 aromatic rings. The molecule has 10 heteroatoms. The molecule has 6 nitrogen and oxygen atoms in total. The van der Waals surface area contributed by atoms with E-state index in [0.717, 1.165) is 10.5 Å². The maximum atomic E-state index is 13.8. The first kappa shape index (κ1) is 23.7. The van der Waals surface area contributed by atoms with E-state index in [0.29, 0.717) is 10.6 Å². The van der Waals surface area contributed by atoms with Crippen LogP contribution in [-0.4, -0.2) is 27.1 Å². The Bertz CT molecular complexity index is 1250. The van der Waals surface area contributed by atoms with E-state index in [1.165, 1.54) is 30.3 Å². The third kappa shape index (κ3) is 5.27. The lowest BCUT2D eigenvalue weighted by molar-refractivity contribution is -0.119. The molecule has 32 heavy (non-hydrogen) atoms. The van der Waals surface area contributed by atoms with Gasteiger partial charge in [-0.15, -0.1) is 0 Å². The van der Waals surface area contributed by atoms with Crippen LogP contribution in [-0.2, 0) is 14.8 Å². The quantitative estimate of drug-likeness (QED) is 0.379. The Morgan fingerprint density at radius 1 is 1.03 bits per heavy atom. The van der Waals surface area contributed by atoms with Crippen molar-refractivity contribution in [3.8, 4) is 0 Å². The van der Waals surface area contributed by atoms with E-state index in [2.05, 4.69) is 10.5 Å². The molecule has 0 bridgehead atoms. The van der Waals surface area contributed by atoms with Gasteiger partial charge in [0, 0.05) is 10.6 Å². The number of nitrogens with zero attached hydrogens (tertiary/aromatic N) is 2. The number of amides is 1. The minimum Gasteiger partial charge on any atom is -0.271 e. The molecule has 0 saturated heterocycles. The molecule has 0 saturated carbocycles. The summed E-state index contributed by atoms with van der Waals surface area (Å²) in [6.45, 7) is 1.07. The Morgan fingerprint density at radius 2 is 1.69 bits per heavy atom. The zero-order valence-corrected chi connectivity index (χ0v) is 19.1. The lowest BCUT2D eigenvalue weighted by Gasteiger charge is -2.25. The second kappa shape index (κ2) is 10.1. The molecule has 1 N–H and O–H groups in total. The van der Waals surface area contributed by atoms with Gasteiger partial charge < -0.3 is 0 Å². The number of rotatable bonds is 7. The summed E-state index contributed by atoms with van der Waals surface area (Å²) in [5, 5.41) is 4.18. The summed E-state index contributed by atoms with van der Waals surface area (Å²) in [5.41, 5.74) is 2.94. The van der Waals surface area contributed by atoms with Crippen molar-refractivity contribution in [2.75, 3.05) is 10.8 Å². The highest BCUT2D eigenvalue weighted by Crippen LogP contribution is 2.30. The van der Waals surface area contributed by atoms with Crippen molar-refractivity contribution in [1.29, 1.82) is 0 Å². The highest BCUT2D eigenvalue weighted by molar-refractivity contribution is 7.92. The van der Waals surface area contributed by atoms with E-state index in [1.807, 2.05) is 0 Å². The number of benzene rings is 3. The van der Waals surface area contributed by atoms with Crippen molar-refractivity contribution in [3.63, 3.8) is 0 Å². The third-order valence-corrected chi connectivity index (χ3v) is 7.02. The van der Waals surface area contributed by atoms with Gasteiger partial charge in [0.2, 0.25) is 0 Å². The van der Waals surface area contributed by atoms with Crippen molar-refractivity contribution < 1.29 is 17.6 Å². The van der Waals surface area contributed by atoms with E-state index >= 15 is 0 Å². The van der Waals surface area contributed by atoms with Crippen molar-refractivity contribution in [2.45, 2.75) is 11.8 Å². The Labute approximate surface area is 195 Å². The molecule has 0 heterocycles. The number of hydrogen-bond acceptors (Lipinski definition) is 4. The molecule has 166 valence electrons. The average Bonchev–Trinajstić information content (AvgIpc) is 2.77. The van der Waals surface area contributed by atoms with Gasteiger partial charge in [0.05, 0.1) is 21.8 Å². The van der Waals surface area contributed by atoms with Crippen LogP contribution in [0.5, 0.6) is 0 Å². The number of hydrazone groups is 1. The van der Waals surface area contributed by atoms with Gasteiger partial charge in [-0.3, -0.25) is 9.10 Å². The lowest BCUT2D eigenvalue weighted by Crippen LogP contribution is -2.40. The van der Waals surface area contributed by atoms with Gasteiger partial charge in [0.15, 0.2) is 0 Å². The SMILES string of the molecule is Cc1c(Cl)cccc1N(CC(=O)N/N=C\c1c(F)cccc1Cl)S(=O)(=O)c1ccccc1. The summed E-state index contributed by atoms with van der Waals surface area (Å²) in [5.74, 6) is -1.36. The Kier molecular flexibility index (Phi) is 7.50. The molecule has 0 aromatic heterocycles. The van der Waals surface area contributed by atoms with E-state index in [-0.39, 0.29) is 21.2 Å². The second-order valence-electron chi connectivity index (χ2n) is 6.64.